The Morgan fingerprint density at radius 1 is 1.22 bits per heavy atom. The van der Waals surface area contributed by atoms with Crippen LogP contribution in [0.25, 0.3) is 0 Å². The van der Waals surface area contributed by atoms with Gasteiger partial charge in [0, 0.05) is 5.16 Å². The van der Waals surface area contributed by atoms with Gasteiger partial charge in [-0.25, -0.2) is 0 Å². The van der Waals surface area contributed by atoms with Gasteiger partial charge in [0.05, 0.1) is 8.46 Å². The van der Waals surface area contributed by atoms with Crippen molar-refractivity contribution in [2.45, 2.75) is 44.2 Å². The monoisotopic (exact) mass is 146 g/mol. The van der Waals surface area contributed by atoms with Gasteiger partial charge in [-0.1, -0.05) is 26.2 Å². The van der Waals surface area contributed by atoms with E-state index in [0.717, 1.165) is 0 Å². The maximum Gasteiger partial charge on any atom is 0.0701 e. The zero-order chi connectivity index (χ0) is 6.74. The highest BCUT2D eigenvalue weighted by atomic mass is 31.1. The molecule has 0 aliphatic heterocycles. The van der Waals surface area contributed by atoms with Crippen molar-refractivity contribution < 1.29 is 4.57 Å². The van der Waals surface area contributed by atoms with E-state index in [0.29, 0.717) is 0 Å². The molecule has 1 rings (SSSR count). The molecule has 0 bridgehead atoms. The van der Waals surface area contributed by atoms with Gasteiger partial charge in [-0.15, -0.1) is 0 Å². The molecule has 2 heteroatoms. The molecule has 1 aliphatic carbocycles. The molecule has 0 amide bonds. The van der Waals surface area contributed by atoms with Crippen molar-refractivity contribution in [2.75, 3.05) is 0 Å². The van der Waals surface area contributed by atoms with Crippen LogP contribution in [0.1, 0.15) is 39.0 Å². The molecule has 0 spiro atoms. The average Bonchev–Trinajstić information content (AvgIpc) is 1.90. The molecule has 1 saturated carbocycles. The number of hydrogen-bond donors (Lipinski definition) is 0. The minimum atomic E-state index is -0.534. The van der Waals surface area contributed by atoms with Gasteiger partial charge in [0.15, 0.2) is 0 Å². The first-order valence-corrected chi connectivity index (χ1v) is 4.78. The van der Waals surface area contributed by atoms with E-state index < -0.39 is 8.46 Å². The summed E-state index contributed by atoms with van der Waals surface area (Å²) in [4.78, 5) is 0. The van der Waals surface area contributed by atoms with Crippen molar-refractivity contribution in [1.82, 2.24) is 0 Å². The second kappa shape index (κ2) is 2.88. The summed E-state index contributed by atoms with van der Waals surface area (Å²) in [5, 5.41) is 0.248. The Bertz CT molecular complexity index is 105. The summed E-state index contributed by atoms with van der Waals surface area (Å²) in [6.07, 6.45) is 6.35. The van der Waals surface area contributed by atoms with Crippen molar-refractivity contribution in [3.63, 3.8) is 0 Å². The predicted molar refractivity (Wildman–Crippen MR) is 41.9 cm³/mol. The third-order valence-electron chi connectivity index (χ3n) is 2.28. The van der Waals surface area contributed by atoms with Gasteiger partial charge in [0.25, 0.3) is 0 Å². The highest BCUT2D eigenvalue weighted by Gasteiger charge is 2.24. The predicted octanol–water partition coefficient (Wildman–Crippen LogP) is 2.47. The van der Waals surface area contributed by atoms with Gasteiger partial charge in [-0.05, 0) is 12.8 Å². The molecule has 0 radical (unpaired) electrons. The second-order valence-electron chi connectivity index (χ2n) is 3.33. The van der Waals surface area contributed by atoms with Gasteiger partial charge in [-0.2, -0.15) is 0 Å². The molecule has 1 aliphatic rings. The van der Waals surface area contributed by atoms with Crippen LogP contribution in [0.2, 0.25) is 0 Å². The molecule has 9 heavy (non-hydrogen) atoms. The Hall–Kier alpha value is 0.230. The number of hydrogen-bond acceptors (Lipinski definition) is 1. The SMILES string of the molecule is CC1([PH2]=O)CCCCC1. The Labute approximate surface area is 58.0 Å². The van der Waals surface area contributed by atoms with E-state index in [2.05, 4.69) is 6.92 Å². The van der Waals surface area contributed by atoms with Crippen LogP contribution < -0.4 is 0 Å². The largest absolute Gasteiger partial charge is 0.330 e. The standard InChI is InChI=1S/C7H15OP/c1-7(9-8)5-3-2-4-6-7/h2-6,9H2,1H3. The minimum Gasteiger partial charge on any atom is -0.330 e. The van der Waals surface area contributed by atoms with E-state index in [1.165, 1.54) is 32.1 Å². The summed E-state index contributed by atoms with van der Waals surface area (Å²) in [6, 6.07) is 0. The lowest BCUT2D eigenvalue weighted by atomic mass is 9.90. The van der Waals surface area contributed by atoms with Gasteiger partial charge in [0.2, 0.25) is 0 Å². The van der Waals surface area contributed by atoms with Crippen molar-refractivity contribution in [2.24, 2.45) is 0 Å². The molecule has 54 valence electrons. The fourth-order valence-electron chi connectivity index (χ4n) is 1.48. The van der Waals surface area contributed by atoms with Gasteiger partial charge >= 0.3 is 0 Å². The Balaban J connectivity index is 2.46. The summed E-state index contributed by atoms with van der Waals surface area (Å²) in [6.45, 7) is 2.16. The lowest BCUT2D eigenvalue weighted by Gasteiger charge is -2.27. The Morgan fingerprint density at radius 2 is 1.78 bits per heavy atom. The lowest BCUT2D eigenvalue weighted by molar-refractivity contribution is 0.407. The lowest BCUT2D eigenvalue weighted by Crippen LogP contribution is -2.19. The molecular formula is C7H15OP. The van der Waals surface area contributed by atoms with E-state index in [1.54, 1.807) is 0 Å². The molecule has 0 aromatic heterocycles. The molecule has 0 heterocycles. The third-order valence-corrected chi connectivity index (χ3v) is 3.43. The van der Waals surface area contributed by atoms with E-state index in [4.69, 9.17) is 0 Å². The van der Waals surface area contributed by atoms with Crippen LogP contribution in [0.3, 0.4) is 0 Å². The Morgan fingerprint density at radius 3 is 2.11 bits per heavy atom. The van der Waals surface area contributed by atoms with Gasteiger partial charge in [-0.3, -0.25) is 0 Å². The molecule has 0 aromatic carbocycles. The summed E-state index contributed by atoms with van der Waals surface area (Å²) in [5.74, 6) is 0. The molecule has 0 N–H and O–H groups in total. The zero-order valence-corrected chi connectivity index (χ0v) is 7.18. The molecular weight excluding hydrogens is 131 g/mol. The summed E-state index contributed by atoms with van der Waals surface area (Å²) in [5.41, 5.74) is 0. The fourth-order valence-corrected chi connectivity index (χ4v) is 2.12. The summed E-state index contributed by atoms with van der Waals surface area (Å²) in [7, 11) is -0.534. The van der Waals surface area contributed by atoms with Crippen molar-refractivity contribution >= 4 is 8.46 Å². The van der Waals surface area contributed by atoms with E-state index in [-0.39, 0.29) is 5.16 Å². The maximum atomic E-state index is 10.7. The van der Waals surface area contributed by atoms with Crippen LogP contribution in [0.15, 0.2) is 0 Å². The van der Waals surface area contributed by atoms with Crippen LogP contribution in [-0.2, 0) is 4.57 Å². The van der Waals surface area contributed by atoms with Gasteiger partial charge < -0.3 is 4.57 Å². The molecule has 1 atom stereocenters. The molecule has 1 nitrogen and oxygen atoms in total. The highest BCUT2D eigenvalue weighted by Crippen LogP contribution is 2.37. The molecule has 0 aromatic rings. The average molecular weight is 146 g/mol. The second-order valence-corrected chi connectivity index (χ2v) is 4.96. The van der Waals surface area contributed by atoms with Gasteiger partial charge in [0.1, 0.15) is 0 Å². The van der Waals surface area contributed by atoms with Crippen molar-refractivity contribution in [3.05, 3.63) is 0 Å². The summed E-state index contributed by atoms with van der Waals surface area (Å²) < 4.78 is 10.7. The normalized spacial score (nSPS) is 27.2. The van der Waals surface area contributed by atoms with Crippen molar-refractivity contribution in [1.29, 1.82) is 0 Å². The van der Waals surface area contributed by atoms with Crippen LogP contribution in [0.4, 0.5) is 0 Å². The third kappa shape index (κ3) is 1.82. The molecule has 1 fully saturated rings. The number of rotatable bonds is 1. The van der Waals surface area contributed by atoms with E-state index in [9.17, 15) is 4.57 Å². The molecule has 0 saturated heterocycles. The zero-order valence-electron chi connectivity index (χ0n) is 6.02. The van der Waals surface area contributed by atoms with E-state index in [1.807, 2.05) is 0 Å². The van der Waals surface area contributed by atoms with E-state index >= 15 is 0 Å². The quantitative estimate of drug-likeness (QED) is 0.519. The van der Waals surface area contributed by atoms with Crippen LogP contribution in [0.5, 0.6) is 0 Å². The minimum absolute atomic E-state index is 0.248. The smallest absolute Gasteiger partial charge is 0.0701 e. The van der Waals surface area contributed by atoms with Crippen molar-refractivity contribution in [3.8, 4) is 0 Å². The van der Waals surface area contributed by atoms with Crippen LogP contribution >= 0.6 is 8.46 Å². The fraction of sp³-hybridized carbons (Fsp3) is 1.00. The molecule has 1 unspecified atom stereocenters. The maximum absolute atomic E-state index is 10.7. The summed E-state index contributed by atoms with van der Waals surface area (Å²) >= 11 is 0. The Kier molecular flexibility index (Phi) is 2.35. The van der Waals surface area contributed by atoms with Crippen LogP contribution in [0, 0.1) is 0 Å². The first kappa shape index (κ1) is 7.34. The highest BCUT2D eigenvalue weighted by molar-refractivity contribution is 7.25. The first-order valence-electron chi connectivity index (χ1n) is 3.73. The van der Waals surface area contributed by atoms with Crippen LogP contribution in [-0.4, -0.2) is 5.16 Å². The topological polar surface area (TPSA) is 17.1 Å². The first-order chi connectivity index (χ1) is 4.27.